The van der Waals surface area contributed by atoms with E-state index >= 15 is 0 Å². The second-order valence-electron chi connectivity index (χ2n) is 7.79. The lowest BCUT2D eigenvalue weighted by Gasteiger charge is -2.47. The number of hydrogen-bond acceptors (Lipinski definition) is 4. The highest BCUT2D eigenvalue weighted by Crippen LogP contribution is 2.53. The lowest BCUT2D eigenvalue weighted by atomic mass is 9.74. The predicted molar refractivity (Wildman–Crippen MR) is 102 cm³/mol. The van der Waals surface area contributed by atoms with Crippen LogP contribution in [0.4, 0.5) is 35.5 Å². The maximum absolute atomic E-state index is 13.4. The number of aliphatic hydroxyl groups is 1. The summed E-state index contributed by atoms with van der Waals surface area (Å²) in [5.74, 6) is -0.755. The largest absolute Gasteiger partial charge is 0.465 e. The van der Waals surface area contributed by atoms with Gasteiger partial charge in [-0.05, 0) is 42.7 Å². The first-order chi connectivity index (χ1) is 15.5. The Kier molecular flexibility index (Phi) is 6.15. The van der Waals surface area contributed by atoms with Crippen LogP contribution in [-0.4, -0.2) is 43.1 Å². The van der Waals surface area contributed by atoms with E-state index in [-0.39, 0.29) is 23.3 Å². The van der Waals surface area contributed by atoms with Gasteiger partial charge in [0, 0.05) is 11.6 Å². The monoisotopic (exact) mass is 515 g/mol. The van der Waals surface area contributed by atoms with Gasteiger partial charge in [-0.3, -0.25) is 0 Å². The number of halogens is 7. The zero-order valence-corrected chi connectivity index (χ0v) is 17.6. The zero-order valence-electron chi connectivity index (χ0n) is 16.8. The molecule has 0 radical (unpaired) electrons. The molecule has 3 N–H and O–H groups in total. The molecule has 0 aromatic heterocycles. The molecule has 0 aliphatic heterocycles. The fraction of sp³-hybridized carbons (Fsp3) is 0.350. The van der Waals surface area contributed by atoms with E-state index in [1.165, 1.54) is 0 Å². The van der Waals surface area contributed by atoms with Gasteiger partial charge in [-0.15, -0.1) is 0 Å². The normalized spacial score (nSPS) is 21.6. The Morgan fingerprint density at radius 3 is 1.79 bits per heavy atom. The van der Waals surface area contributed by atoms with Gasteiger partial charge in [-0.1, -0.05) is 24.3 Å². The van der Waals surface area contributed by atoms with Gasteiger partial charge < -0.3 is 15.5 Å². The molecule has 2 aromatic rings. The number of sulfone groups is 1. The standard InChI is InChI=1S/C20H16F7NO5S/c21-13-5-7-15(8-6-13)34(32,33)17(9-14(10-17)28-16(29)30)11-1-3-12(4-2-11)18(31,19(22,23)24)20(25,26)27/h1-8,14,28,31H,9-10H2,(H,29,30). The van der Waals surface area contributed by atoms with Crippen molar-refractivity contribution < 1.29 is 54.2 Å². The van der Waals surface area contributed by atoms with Crippen LogP contribution in [0.3, 0.4) is 0 Å². The Morgan fingerprint density at radius 2 is 1.38 bits per heavy atom. The summed E-state index contributed by atoms with van der Waals surface area (Å²) in [6.45, 7) is 0. The fourth-order valence-electron chi connectivity index (χ4n) is 3.97. The Bertz CT molecular complexity index is 1160. The first-order valence-electron chi connectivity index (χ1n) is 9.42. The van der Waals surface area contributed by atoms with Crippen LogP contribution >= 0.6 is 0 Å². The number of benzene rings is 2. The average molecular weight is 515 g/mol. The summed E-state index contributed by atoms with van der Waals surface area (Å²) in [6, 6.07) is 4.73. The second kappa shape index (κ2) is 8.12. The van der Waals surface area contributed by atoms with E-state index in [1.807, 2.05) is 0 Å². The van der Waals surface area contributed by atoms with Crippen molar-refractivity contribution in [2.45, 2.75) is 46.5 Å². The molecule has 3 rings (SSSR count). The molecule has 1 saturated carbocycles. The maximum atomic E-state index is 13.4. The molecule has 34 heavy (non-hydrogen) atoms. The van der Waals surface area contributed by atoms with Crippen molar-refractivity contribution in [2.24, 2.45) is 0 Å². The van der Waals surface area contributed by atoms with Crippen LogP contribution in [0.2, 0.25) is 0 Å². The molecular formula is C20H16F7NO5S. The molecule has 0 atom stereocenters. The van der Waals surface area contributed by atoms with E-state index in [2.05, 4.69) is 5.32 Å². The lowest BCUT2D eigenvalue weighted by Crippen LogP contribution is -2.57. The van der Waals surface area contributed by atoms with Gasteiger partial charge >= 0.3 is 18.4 Å². The van der Waals surface area contributed by atoms with Gasteiger partial charge in [0.25, 0.3) is 5.60 Å². The number of carbonyl (C=O) groups is 1. The van der Waals surface area contributed by atoms with E-state index in [0.717, 1.165) is 24.3 Å². The Labute approximate surface area is 187 Å². The number of alkyl halides is 6. The minimum atomic E-state index is -6.13. The summed E-state index contributed by atoms with van der Waals surface area (Å²) in [5, 5.41) is 20.5. The molecule has 186 valence electrons. The topological polar surface area (TPSA) is 104 Å². The highest BCUT2D eigenvalue weighted by molar-refractivity contribution is 7.92. The molecule has 1 amide bonds. The molecular weight excluding hydrogens is 499 g/mol. The molecule has 2 aromatic carbocycles. The van der Waals surface area contributed by atoms with Crippen LogP contribution in [0.1, 0.15) is 24.0 Å². The molecule has 0 saturated heterocycles. The van der Waals surface area contributed by atoms with Crippen molar-refractivity contribution in [3.63, 3.8) is 0 Å². The lowest BCUT2D eigenvalue weighted by molar-refractivity contribution is -0.376. The third kappa shape index (κ3) is 3.98. The third-order valence-corrected chi connectivity index (χ3v) is 8.26. The zero-order chi connectivity index (χ0) is 25.7. The van der Waals surface area contributed by atoms with Crippen LogP contribution in [0.15, 0.2) is 53.4 Å². The second-order valence-corrected chi connectivity index (χ2v) is 10.0. The summed E-state index contributed by atoms with van der Waals surface area (Å²) in [4.78, 5) is 10.5. The molecule has 6 nitrogen and oxygen atoms in total. The Balaban J connectivity index is 2.10. The number of amides is 1. The first-order valence-corrected chi connectivity index (χ1v) is 10.9. The molecule has 1 fully saturated rings. The minimum absolute atomic E-state index is 0.226. The molecule has 0 spiro atoms. The van der Waals surface area contributed by atoms with Crippen LogP contribution in [0, 0.1) is 5.82 Å². The quantitative estimate of drug-likeness (QED) is 0.409. The molecule has 0 heterocycles. The van der Waals surface area contributed by atoms with Crippen molar-refractivity contribution in [3.8, 4) is 0 Å². The van der Waals surface area contributed by atoms with Gasteiger partial charge in [0.15, 0.2) is 9.84 Å². The van der Waals surface area contributed by atoms with Gasteiger partial charge in [-0.25, -0.2) is 17.6 Å². The Morgan fingerprint density at radius 1 is 0.912 bits per heavy atom. The average Bonchev–Trinajstić information content (AvgIpc) is 2.68. The van der Waals surface area contributed by atoms with Crippen LogP contribution in [0.25, 0.3) is 0 Å². The summed E-state index contributed by atoms with van der Waals surface area (Å²) in [5.41, 5.74) is -7.00. The summed E-state index contributed by atoms with van der Waals surface area (Å²) < 4.78 is 117. The molecule has 0 bridgehead atoms. The van der Waals surface area contributed by atoms with Crippen molar-refractivity contribution in [1.29, 1.82) is 0 Å². The molecule has 1 aliphatic carbocycles. The molecule has 1 aliphatic rings. The summed E-state index contributed by atoms with van der Waals surface area (Å²) in [6.07, 6.45) is -14.5. The minimum Gasteiger partial charge on any atom is -0.465 e. The highest BCUT2D eigenvalue weighted by atomic mass is 32.2. The fourth-order valence-corrected chi connectivity index (χ4v) is 6.20. The van der Waals surface area contributed by atoms with Gasteiger partial charge in [-0.2, -0.15) is 26.3 Å². The van der Waals surface area contributed by atoms with E-state index in [4.69, 9.17) is 5.11 Å². The maximum Gasteiger partial charge on any atom is 0.430 e. The van der Waals surface area contributed by atoms with Gasteiger partial charge in [0.2, 0.25) is 0 Å². The number of hydrogen-bond donors (Lipinski definition) is 3. The Hall–Kier alpha value is -2.87. The SMILES string of the molecule is O=C(O)NC1CC(c2ccc(C(O)(C(F)(F)F)C(F)(F)F)cc2)(S(=O)(=O)c2ccc(F)cc2)C1. The van der Waals surface area contributed by atoms with E-state index in [9.17, 15) is 49.1 Å². The van der Waals surface area contributed by atoms with Crippen molar-refractivity contribution >= 4 is 15.9 Å². The summed E-state index contributed by atoms with van der Waals surface area (Å²) >= 11 is 0. The van der Waals surface area contributed by atoms with Crippen molar-refractivity contribution in [2.75, 3.05) is 0 Å². The van der Waals surface area contributed by atoms with Crippen LogP contribution in [-0.2, 0) is 20.2 Å². The van der Waals surface area contributed by atoms with Gasteiger partial charge in [0.1, 0.15) is 10.6 Å². The third-order valence-electron chi connectivity index (χ3n) is 5.77. The van der Waals surface area contributed by atoms with Crippen molar-refractivity contribution in [3.05, 3.63) is 65.5 Å². The molecule has 14 heteroatoms. The predicted octanol–water partition coefficient (Wildman–Crippen LogP) is 4.24. The number of carboxylic acid groups (broad SMARTS) is 1. The van der Waals surface area contributed by atoms with E-state index in [0.29, 0.717) is 24.3 Å². The first kappa shape index (κ1) is 25.7. The van der Waals surface area contributed by atoms with E-state index < -0.39 is 56.1 Å². The molecule has 0 unspecified atom stereocenters. The number of nitrogens with one attached hydrogen (secondary N) is 1. The summed E-state index contributed by atoms with van der Waals surface area (Å²) in [7, 11) is -4.41. The number of rotatable bonds is 5. The van der Waals surface area contributed by atoms with Gasteiger partial charge in [0.05, 0.1) is 4.90 Å². The van der Waals surface area contributed by atoms with Crippen LogP contribution in [0.5, 0.6) is 0 Å². The van der Waals surface area contributed by atoms with Crippen LogP contribution < -0.4 is 5.32 Å². The highest BCUT2D eigenvalue weighted by Gasteiger charge is 2.71. The van der Waals surface area contributed by atoms with Crippen molar-refractivity contribution in [1.82, 2.24) is 5.32 Å². The smallest absolute Gasteiger partial charge is 0.430 e. The van der Waals surface area contributed by atoms with E-state index in [1.54, 1.807) is 0 Å².